The summed E-state index contributed by atoms with van der Waals surface area (Å²) in [5.74, 6) is -0.321. The fourth-order valence-corrected chi connectivity index (χ4v) is 5.08. The summed E-state index contributed by atoms with van der Waals surface area (Å²) in [6, 6.07) is 25.1. The molecule has 4 aromatic rings. The summed E-state index contributed by atoms with van der Waals surface area (Å²) in [6.07, 6.45) is 0. The van der Waals surface area contributed by atoms with E-state index in [9.17, 15) is 13.2 Å². The Morgan fingerprint density at radius 1 is 0.909 bits per heavy atom. The number of rotatable bonds is 7. The predicted octanol–water partition coefficient (Wildman–Crippen LogP) is 4.91. The third-order valence-corrected chi connectivity index (χ3v) is 7.70. The zero-order chi connectivity index (χ0) is 23.4. The summed E-state index contributed by atoms with van der Waals surface area (Å²) in [6.45, 7) is 0. The van der Waals surface area contributed by atoms with E-state index in [1.165, 1.54) is 49.8 Å². The molecule has 0 atom stereocenters. The van der Waals surface area contributed by atoms with E-state index in [1.807, 2.05) is 60.7 Å². The van der Waals surface area contributed by atoms with Gasteiger partial charge < -0.3 is 5.32 Å². The number of sulfonamides is 1. The van der Waals surface area contributed by atoms with Crippen molar-refractivity contribution < 1.29 is 18.0 Å². The number of nitrogens with zero attached hydrogens (tertiary/aromatic N) is 2. The Balaban J connectivity index is 1.65. The fourth-order valence-electron chi connectivity index (χ4n) is 3.11. The first-order valence-electron chi connectivity index (χ1n) is 9.96. The van der Waals surface area contributed by atoms with Gasteiger partial charge in [-0.3, -0.25) is 9.63 Å². The van der Waals surface area contributed by atoms with Crippen LogP contribution in [0.2, 0.25) is 0 Å². The van der Waals surface area contributed by atoms with Gasteiger partial charge in [-0.25, -0.2) is 13.4 Å². The van der Waals surface area contributed by atoms with Crippen LogP contribution in [0.4, 0.5) is 5.69 Å². The van der Waals surface area contributed by atoms with E-state index in [0.717, 1.165) is 20.6 Å². The number of nitrogens with one attached hydrogen (secondary N) is 1. The van der Waals surface area contributed by atoms with Crippen LogP contribution in [0, 0.1) is 0 Å². The van der Waals surface area contributed by atoms with Crippen LogP contribution in [-0.4, -0.2) is 37.9 Å². The van der Waals surface area contributed by atoms with Crippen LogP contribution in [0.3, 0.4) is 0 Å². The van der Waals surface area contributed by atoms with Gasteiger partial charge >= 0.3 is 0 Å². The number of amides is 1. The lowest BCUT2D eigenvalue weighted by Crippen LogP contribution is -2.25. The van der Waals surface area contributed by atoms with E-state index in [1.54, 1.807) is 0 Å². The molecule has 0 saturated heterocycles. The van der Waals surface area contributed by atoms with Crippen molar-refractivity contribution in [1.29, 1.82) is 0 Å². The van der Waals surface area contributed by atoms with Crippen molar-refractivity contribution in [2.75, 3.05) is 19.5 Å². The smallest absolute Gasteiger partial charge is 0.268 e. The van der Waals surface area contributed by atoms with E-state index < -0.39 is 10.0 Å². The molecule has 4 rings (SSSR count). The zero-order valence-electron chi connectivity index (χ0n) is 17.9. The van der Waals surface area contributed by atoms with Crippen LogP contribution in [0.25, 0.3) is 21.8 Å². The zero-order valence-corrected chi connectivity index (χ0v) is 19.6. The highest BCUT2D eigenvalue weighted by Gasteiger charge is 2.22. The van der Waals surface area contributed by atoms with Crippen LogP contribution >= 0.6 is 11.3 Å². The van der Waals surface area contributed by atoms with E-state index in [4.69, 9.17) is 9.82 Å². The lowest BCUT2D eigenvalue weighted by atomic mass is 10.1. The fraction of sp³-hybridized carbons (Fsp3) is 0.0833. The molecule has 1 N–H and O–H groups in total. The minimum atomic E-state index is -3.77. The third kappa shape index (κ3) is 4.86. The van der Waals surface area contributed by atoms with Crippen LogP contribution in [-0.2, 0) is 14.9 Å². The first kappa shape index (κ1) is 22.8. The summed E-state index contributed by atoms with van der Waals surface area (Å²) in [5, 5.41) is 3.59. The molecule has 0 spiro atoms. The van der Waals surface area contributed by atoms with Gasteiger partial charge in [0.05, 0.1) is 17.7 Å². The topological polar surface area (TPSA) is 88.6 Å². The number of hydrogen-bond donors (Lipinski definition) is 1. The van der Waals surface area contributed by atoms with Gasteiger partial charge in [0.2, 0.25) is 0 Å². The van der Waals surface area contributed by atoms with Crippen LogP contribution in [0.15, 0.2) is 89.8 Å². The normalized spacial score (nSPS) is 11.5. The van der Waals surface area contributed by atoms with Gasteiger partial charge in [0.25, 0.3) is 15.9 Å². The monoisotopic (exact) mass is 479 g/mol. The molecule has 3 aromatic carbocycles. The Kier molecular flexibility index (Phi) is 6.66. The molecule has 7 nitrogen and oxygen atoms in total. The van der Waals surface area contributed by atoms with E-state index in [-0.39, 0.29) is 10.8 Å². The molecule has 0 unspecified atom stereocenters. The molecule has 33 heavy (non-hydrogen) atoms. The molecule has 0 fully saturated rings. The maximum Gasteiger partial charge on any atom is 0.268 e. The Morgan fingerprint density at radius 2 is 1.48 bits per heavy atom. The predicted molar refractivity (Wildman–Crippen MR) is 129 cm³/mol. The third-order valence-electron chi connectivity index (χ3n) is 4.91. The molecule has 1 aromatic heterocycles. The number of anilines is 1. The van der Waals surface area contributed by atoms with Crippen molar-refractivity contribution in [3.8, 4) is 21.8 Å². The Hall–Kier alpha value is -3.37. The highest BCUT2D eigenvalue weighted by molar-refractivity contribution is 7.89. The standard InChI is InChI=1S/C24H21N3O4S2/c1-27(31-2)33(29,30)20-15-13-19(14-16-20)25-23(28)22-21(17-9-5-3-6-10-17)26-24(32-22)18-11-7-4-8-12-18/h3-16H,1-2H3,(H,25,28). The van der Waals surface area contributed by atoms with Gasteiger partial charge in [-0.15, -0.1) is 11.3 Å². The van der Waals surface area contributed by atoms with Crippen LogP contribution in [0.1, 0.15) is 9.67 Å². The molecule has 1 heterocycles. The highest BCUT2D eigenvalue weighted by atomic mass is 32.2. The minimum absolute atomic E-state index is 0.0546. The van der Waals surface area contributed by atoms with Crippen molar-refractivity contribution in [2.24, 2.45) is 0 Å². The molecule has 9 heteroatoms. The number of thiazole rings is 1. The summed E-state index contributed by atoms with van der Waals surface area (Å²) in [7, 11) is -1.18. The first-order valence-corrected chi connectivity index (χ1v) is 12.2. The number of carbonyl (C=O) groups excluding carboxylic acids is 1. The quantitative estimate of drug-likeness (QED) is 0.381. The van der Waals surface area contributed by atoms with Crippen LogP contribution in [0.5, 0.6) is 0 Å². The van der Waals surface area contributed by atoms with Gasteiger partial charge in [-0.1, -0.05) is 65.1 Å². The van der Waals surface area contributed by atoms with Gasteiger partial charge in [0.1, 0.15) is 9.88 Å². The highest BCUT2D eigenvalue weighted by Crippen LogP contribution is 2.34. The SMILES string of the molecule is CON(C)S(=O)(=O)c1ccc(NC(=O)c2sc(-c3ccccc3)nc2-c2ccccc2)cc1. The average Bonchev–Trinajstić information content (AvgIpc) is 3.31. The van der Waals surface area contributed by atoms with Crippen molar-refractivity contribution in [2.45, 2.75) is 4.90 Å². The molecule has 0 bridgehead atoms. The Morgan fingerprint density at radius 3 is 2.06 bits per heavy atom. The van der Waals surface area contributed by atoms with Crippen molar-refractivity contribution in [1.82, 2.24) is 9.45 Å². The summed E-state index contributed by atoms with van der Waals surface area (Å²) < 4.78 is 25.5. The molecule has 1 amide bonds. The molecular formula is C24H21N3O4S2. The largest absolute Gasteiger partial charge is 0.321 e. The molecule has 0 aliphatic carbocycles. The van der Waals surface area contributed by atoms with Crippen molar-refractivity contribution in [3.63, 3.8) is 0 Å². The maximum absolute atomic E-state index is 13.2. The van der Waals surface area contributed by atoms with Gasteiger partial charge in [-0.2, -0.15) is 0 Å². The van der Waals surface area contributed by atoms with Gasteiger partial charge in [0.15, 0.2) is 0 Å². The van der Waals surface area contributed by atoms with Crippen molar-refractivity contribution >= 4 is 33.0 Å². The number of carbonyl (C=O) groups is 1. The van der Waals surface area contributed by atoms with Gasteiger partial charge in [0, 0.05) is 23.9 Å². The van der Waals surface area contributed by atoms with E-state index >= 15 is 0 Å². The second-order valence-corrected chi connectivity index (χ2v) is 9.94. The van der Waals surface area contributed by atoms with Gasteiger partial charge in [-0.05, 0) is 24.3 Å². The minimum Gasteiger partial charge on any atom is -0.321 e. The number of benzene rings is 3. The molecule has 0 radical (unpaired) electrons. The molecular weight excluding hydrogens is 458 g/mol. The average molecular weight is 480 g/mol. The lowest BCUT2D eigenvalue weighted by Gasteiger charge is -2.14. The Bertz CT molecular complexity index is 1350. The summed E-state index contributed by atoms with van der Waals surface area (Å²) in [4.78, 5) is 23.3. The number of aromatic nitrogens is 1. The Labute approximate surface area is 196 Å². The number of hydrogen-bond acceptors (Lipinski definition) is 6. The van der Waals surface area contributed by atoms with E-state index in [2.05, 4.69) is 5.32 Å². The van der Waals surface area contributed by atoms with Crippen molar-refractivity contribution in [3.05, 3.63) is 89.8 Å². The first-order chi connectivity index (χ1) is 15.9. The lowest BCUT2D eigenvalue weighted by molar-refractivity contribution is -0.0258. The second-order valence-electron chi connectivity index (χ2n) is 7.00. The molecule has 0 saturated carbocycles. The molecule has 0 aliphatic heterocycles. The van der Waals surface area contributed by atoms with E-state index in [0.29, 0.717) is 16.3 Å². The van der Waals surface area contributed by atoms with Crippen LogP contribution < -0.4 is 5.32 Å². The molecule has 0 aliphatic rings. The number of hydroxylamine groups is 1. The molecule has 168 valence electrons. The summed E-state index contributed by atoms with van der Waals surface area (Å²) >= 11 is 1.31. The maximum atomic E-state index is 13.2. The second kappa shape index (κ2) is 9.63. The summed E-state index contributed by atoms with van der Waals surface area (Å²) in [5.41, 5.74) is 2.83.